The normalized spacial score (nSPS) is 13.3. The molecule has 30 heavy (non-hydrogen) atoms. The van der Waals surface area contributed by atoms with Gasteiger partial charge in [-0.05, 0) is 39.4 Å². The molecule has 0 fully saturated rings. The van der Waals surface area contributed by atoms with Gasteiger partial charge in [-0.3, -0.25) is 0 Å². The fourth-order valence-electron chi connectivity index (χ4n) is 4.54. The van der Waals surface area contributed by atoms with Crippen LogP contribution in [-0.2, 0) is 10.8 Å². The molecular formula is C27H42OSSi. The van der Waals surface area contributed by atoms with E-state index < -0.39 is 8.07 Å². The lowest BCUT2D eigenvalue weighted by atomic mass is 9.79. The van der Waals surface area contributed by atoms with E-state index in [9.17, 15) is 5.11 Å². The Kier molecular flexibility index (Phi) is 7.62. The minimum Gasteiger partial charge on any atom is -0.507 e. The van der Waals surface area contributed by atoms with Crippen molar-refractivity contribution in [2.24, 2.45) is 0 Å². The second-order valence-corrected chi connectivity index (χ2v) is 18.3. The van der Waals surface area contributed by atoms with Crippen LogP contribution in [0.15, 0.2) is 47.4 Å². The molecule has 0 spiro atoms. The number of rotatable bonds is 6. The highest BCUT2D eigenvalue weighted by Gasteiger charge is 2.41. The third-order valence-electron chi connectivity index (χ3n) is 6.55. The molecule has 2 rings (SSSR count). The molecule has 0 unspecified atom stereocenters. The van der Waals surface area contributed by atoms with Gasteiger partial charge < -0.3 is 5.11 Å². The van der Waals surface area contributed by atoms with Crippen LogP contribution in [-0.4, -0.2) is 18.6 Å². The highest BCUT2D eigenvalue weighted by molar-refractivity contribution is 8.01. The topological polar surface area (TPSA) is 20.2 Å². The Hall–Kier alpha value is -1.19. The predicted octanol–water partition coefficient (Wildman–Crippen LogP) is 7.79. The number of hydrogen-bond acceptors (Lipinski definition) is 2. The summed E-state index contributed by atoms with van der Waals surface area (Å²) in [5.41, 5.74) is 3.24. The molecule has 0 saturated heterocycles. The maximum Gasteiger partial charge on any atom is 0.123 e. The summed E-state index contributed by atoms with van der Waals surface area (Å²) in [6.45, 7) is 22.8. The van der Waals surface area contributed by atoms with Crippen LogP contribution < -0.4 is 5.19 Å². The van der Waals surface area contributed by atoms with Crippen LogP contribution in [0.2, 0.25) is 11.1 Å². The van der Waals surface area contributed by atoms with Crippen molar-refractivity contribution < 1.29 is 5.11 Å². The Morgan fingerprint density at radius 1 is 0.800 bits per heavy atom. The zero-order valence-corrected chi connectivity index (χ0v) is 22.6. The van der Waals surface area contributed by atoms with E-state index >= 15 is 0 Å². The lowest BCUT2D eigenvalue weighted by molar-refractivity contribution is 0.422. The summed E-state index contributed by atoms with van der Waals surface area (Å²) in [5.74, 6) is 0.471. The van der Waals surface area contributed by atoms with E-state index in [2.05, 4.69) is 112 Å². The van der Waals surface area contributed by atoms with Crippen LogP contribution in [0, 0.1) is 0 Å². The largest absolute Gasteiger partial charge is 0.507 e. The smallest absolute Gasteiger partial charge is 0.123 e. The van der Waals surface area contributed by atoms with E-state index in [-0.39, 0.29) is 10.8 Å². The second kappa shape index (κ2) is 9.12. The van der Waals surface area contributed by atoms with Gasteiger partial charge in [0.15, 0.2) is 0 Å². The van der Waals surface area contributed by atoms with Gasteiger partial charge in [0.05, 0.1) is 0 Å². The maximum atomic E-state index is 11.1. The molecule has 2 aromatic carbocycles. The molecule has 3 heteroatoms. The van der Waals surface area contributed by atoms with Gasteiger partial charge in [-0.15, -0.1) is 11.8 Å². The zero-order chi connectivity index (χ0) is 22.9. The zero-order valence-electron chi connectivity index (χ0n) is 20.8. The summed E-state index contributed by atoms with van der Waals surface area (Å²) in [5, 5.41) is 13.8. The molecule has 0 aliphatic heterocycles. The molecule has 0 atom stereocenters. The minimum absolute atomic E-state index is 0.0926. The van der Waals surface area contributed by atoms with E-state index in [1.165, 1.54) is 4.90 Å². The summed E-state index contributed by atoms with van der Waals surface area (Å²) < 4.78 is 0. The van der Waals surface area contributed by atoms with Crippen LogP contribution in [0.5, 0.6) is 5.75 Å². The lowest BCUT2D eigenvalue weighted by Gasteiger charge is -2.40. The fraction of sp³-hybridized carbons (Fsp3) is 0.556. The van der Waals surface area contributed by atoms with Crippen LogP contribution in [0.1, 0.15) is 80.4 Å². The van der Waals surface area contributed by atoms with E-state index in [0.29, 0.717) is 16.8 Å². The first-order valence-electron chi connectivity index (χ1n) is 11.3. The monoisotopic (exact) mass is 442 g/mol. The molecule has 1 nitrogen and oxygen atoms in total. The van der Waals surface area contributed by atoms with Crippen molar-refractivity contribution in [3.8, 4) is 5.75 Å². The second-order valence-electron chi connectivity index (χ2n) is 11.4. The SMILES string of the molecule is CC(C)[Si](CSc1cc(C(C)(C)C)c(O)c(C(C)(C)C)c1)(c1ccccc1)C(C)C. The van der Waals surface area contributed by atoms with Crippen LogP contribution in [0.25, 0.3) is 0 Å². The first kappa shape index (κ1) is 25.1. The van der Waals surface area contributed by atoms with Crippen molar-refractivity contribution >= 4 is 25.0 Å². The minimum atomic E-state index is -1.75. The molecule has 0 aliphatic rings. The molecule has 0 bridgehead atoms. The van der Waals surface area contributed by atoms with Gasteiger partial charge >= 0.3 is 0 Å². The summed E-state index contributed by atoms with van der Waals surface area (Å²) >= 11 is 2.00. The molecule has 2 aromatic rings. The first-order chi connectivity index (χ1) is 13.7. The van der Waals surface area contributed by atoms with Gasteiger partial charge in [-0.1, -0.05) is 105 Å². The van der Waals surface area contributed by atoms with Crippen molar-refractivity contribution in [1.29, 1.82) is 0 Å². The first-order valence-corrected chi connectivity index (χ1v) is 14.6. The van der Waals surface area contributed by atoms with Crippen LogP contribution >= 0.6 is 11.8 Å². The van der Waals surface area contributed by atoms with Crippen LogP contribution in [0.3, 0.4) is 0 Å². The third kappa shape index (κ3) is 5.16. The van der Waals surface area contributed by atoms with Crippen molar-refractivity contribution in [3.63, 3.8) is 0 Å². The van der Waals surface area contributed by atoms with Gasteiger partial charge in [-0.25, -0.2) is 0 Å². The lowest BCUT2D eigenvalue weighted by Crippen LogP contribution is -2.55. The number of phenolic OH excluding ortho intramolecular Hbond substituents is 1. The van der Waals surface area contributed by atoms with Gasteiger partial charge in [0, 0.05) is 16.0 Å². The maximum absolute atomic E-state index is 11.1. The van der Waals surface area contributed by atoms with Crippen molar-refractivity contribution in [3.05, 3.63) is 53.6 Å². The molecule has 0 radical (unpaired) electrons. The highest BCUT2D eigenvalue weighted by Crippen LogP contribution is 2.43. The summed E-state index contributed by atoms with van der Waals surface area (Å²) in [4.78, 5) is 1.29. The summed E-state index contributed by atoms with van der Waals surface area (Å²) in [6, 6.07) is 15.7. The van der Waals surface area contributed by atoms with E-state index in [0.717, 1.165) is 16.5 Å². The van der Waals surface area contributed by atoms with Gasteiger partial charge in [-0.2, -0.15) is 0 Å². The van der Waals surface area contributed by atoms with Gasteiger partial charge in [0.25, 0.3) is 0 Å². The molecule has 0 amide bonds. The van der Waals surface area contributed by atoms with Crippen molar-refractivity contribution in [2.45, 2.75) is 96.0 Å². The number of phenols is 1. The van der Waals surface area contributed by atoms with Crippen molar-refractivity contribution in [1.82, 2.24) is 0 Å². The summed E-state index contributed by atoms with van der Waals surface area (Å²) in [7, 11) is -1.75. The predicted molar refractivity (Wildman–Crippen MR) is 138 cm³/mol. The number of thioether (sulfide) groups is 1. The average molecular weight is 443 g/mol. The molecule has 0 aliphatic carbocycles. The number of hydrogen-bond donors (Lipinski definition) is 1. The molecule has 0 heterocycles. The van der Waals surface area contributed by atoms with Gasteiger partial charge in [0.1, 0.15) is 13.8 Å². The Labute approximate surface area is 190 Å². The quantitative estimate of drug-likeness (QED) is 0.364. The van der Waals surface area contributed by atoms with Crippen LogP contribution in [0.4, 0.5) is 0 Å². The van der Waals surface area contributed by atoms with Crippen molar-refractivity contribution in [2.75, 3.05) is 5.38 Å². The number of benzene rings is 2. The highest BCUT2D eigenvalue weighted by atomic mass is 32.2. The van der Waals surface area contributed by atoms with E-state index in [4.69, 9.17) is 0 Å². The Morgan fingerprint density at radius 3 is 1.60 bits per heavy atom. The third-order valence-corrected chi connectivity index (χ3v) is 15.1. The standard InChI is InChI=1S/C27H42OSSi/c1-19(2)30(20(3)4,22-14-12-11-13-15-22)18-29-21-16-23(26(5,6)7)25(28)24(17-21)27(8,9)10/h11-17,19-20,28H,18H2,1-10H3. The molecular weight excluding hydrogens is 400 g/mol. The van der Waals surface area contributed by atoms with E-state index in [1.54, 1.807) is 5.19 Å². The Bertz CT molecular complexity index is 798. The molecule has 0 aromatic heterocycles. The Morgan fingerprint density at radius 2 is 1.23 bits per heavy atom. The molecule has 0 saturated carbocycles. The Balaban J connectivity index is 2.55. The summed E-state index contributed by atoms with van der Waals surface area (Å²) in [6.07, 6.45) is 0. The molecule has 166 valence electrons. The average Bonchev–Trinajstić information content (AvgIpc) is 2.61. The fourth-order valence-corrected chi connectivity index (χ4v) is 13.4. The van der Waals surface area contributed by atoms with E-state index in [1.807, 2.05) is 11.8 Å². The molecule has 1 N–H and O–H groups in total. The number of aromatic hydroxyl groups is 1. The van der Waals surface area contributed by atoms with Gasteiger partial charge in [0.2, 0.25) is 0 Å².